The van der Waals surface area contributed by atoms with Gasteiger partial charge in [0.2, 0.25) is 0 Å². The largest absolute Gasteiger partial charge is 0.481 e. The van der Waals surface area contributed by atoms with Crippen molar-refractivity contribution >= 4 is 22.8 Å². The van der Waals surface area contributed by atoms with Gasteiger partial charge in [0, 0.05) is 0 Å². The Kier molecular flexibility index (Phi) is 2.69. The molecule has 3 atom stereocenters. The van der Waals surface area contributed by atoms with E-state index < -0.39 is 11.9 Å². The number of nitrogens with zero attached hydrogens (tertiary/aromatic N) is 1. The van der Waals surface area contributed by atoms with E-state index >= 15 is 0 Å². The van der Waals surface area contributed by atoms with Gasteiger partial charge in [-0.25, -0.2) is 0 Å². The lowest BCUT2D eigenvalue weighted by Crippen LogP contribution is -2.20. The van der Waals surface area contributed by atoms with Gasteiger partial charge >= 0.3 is 5.97 Å². The topological polar surface area (TPSA) is 49.7 Å². The van der Waals surface area contributed by atoms with Gasteiger partial charge in [0.15, 0.2) is 0 Å². The average Bonchev–Trinajstić information content (AvgIpc) is 2.55. The third-order valence-corrected chi connectivity index (χ3v) is 3.84. The van der Waals surface area contributed by atoms with Crippen LogP contribution in [0.1, 0.15) is 13.8 Å². The molecular weight excluding hydrogens is 210 g/mol. The van der Waals surface area contributed by atoms with Gasteiger partial charge in [-0.15, -0.1) is 11.8 Å². The highest BCUT2D eigenvalue weighted by atomic mass is 32.2. The first kappa shape index (κ1) is 10.5. The molecule has 3 nitrogen and oxygen atoms in total. The first-order valence-electron chi connectivity index (χ1n) is 4.91. The Labute approximate surface area is 93.0 Å². The third-order valence-electron chi connectivity index (χ3n) is 2.69. The smallest absolute Gasteiger partial charge is 0.310 e. The van der Waals surface area contributed by atoms with E-state index in [0.717, 1.165) is 10.6 Å². The summed E-state index contributed by atoms with van der Waals surface area (Å²) in [5.74, 6) is -1.22. The number of carbonyl (C=O) groups is 1. The molecule has 1 aliphatic carbocycles. The van der Waals surface area contributed by atoms with Gasteiger partial charge in [-0.05, 0) is 19.4 Å². The third kappa shape index (κ3) is 2.00. The molecule has 3 unspecified atom stereocenters. The highest BCUT2D eigenvalue weighted by molar-refractivity contribution is 8.14. The van der Waals surface area contributed by atoms with E-state index in [-0.39, 0.29) is 6.04 Å². The van der Waals surface area contributed by atoms with Crippen molar-refractivity contribution in [1.82, 2.24) is 0 Å². The van der Waals surface area contributed by atoms with E-state index in [9.17, 15) is 4.79 Å². The fraction of sp³-hybridized carbons (Fsp3) is 0.455. The second-order valence-electron chi connectivity index (χ2n) is 3.81. The van der Waals surface area contributed by atoms with Gasteiger partial charge in [0.1, 0.15) is 0 Å². The Bertz CT molecular complexity index is 384. The van der Waals surface area contributed by atoms with Crippen molar-refractivity contribution in [3.63, 3.8) is 0 Å². The lowest BCUT2D eigenvalue weighted by molar-refractivity contribution is -0.139. The van der Waals surface area contributed by atoms with E-state index in [1.807, 2.05) is 19.1 Å². The normalized spacial score (nSPS) is 30.5. The number of aliphatic imine (C=N–C) groups is 1. The lowest BCUT2D eigenvalue weighted by Gasteiger charge is -2.18. The fourth-order valence-electron chi connectivity index (χ4n) is 1.76. The zero-order chi connectivity index (χ0) is 11.0. The highest BCUT2D eigenvalue weighted by Gasteiger charge is 2.29. The van der Waals surface area contributed by atoms with Crippen LogP contribution in [0, 0.1) is 5.92 Å². The van der Waals surface area contributed by atoms with Gasteiger partial charge in [-0.2, -0.15) is 0 Å². The first-order valence-corrected chi connectivity index (χ1v) is 5.79. The Morgan fingerprint density at radius 3 is 3.07 bits per heavy atom. The van der Waals surface area contributed by atoms with Crippen molar-refractivity contribution in [2.75, 3.05) is 0 Å². The van der Waals surface area contributed by atoms with Crippen LogP contribution in [0.4, 0.5) is 0 Å². The maximum Gasteiger partial charge on any atom is 0.310 e. The minimum Gasteiger partial charge on any atom is -0.481 e. The quantitative estimate of drug-likeness (QED) is 0.780. The molecule has 80 valence electrons. The van der Waals surface area contributed by atoms with Crippen LogP contribution >= 0.6 is 11.8 Å². The summed E-state index contributed by atoms with van der Waals surface area (Å²) in [5.41, 5.74) is 0.864. The van der Waals surface area contributed by atoms with Crippen molar-refractivity contribution in [2.24, 2.45) is 10.9 Å². The molecule has 0 saturated heterocycles. The van der Waals surface area contributed by atoms with E-state index in [2.05, 4.69) is 11.1 Å². The molecule has 1 heterocycles. The molecule has 15 heavy (non-hydrogen) atoms. The Morgan fingerprint density at radius 2 is 2.40 bits per heavy atom. The Morgan fingerprint density at radius 1 is 1.67 bits per heavy atom. The van der Waals surface area contributed by atoms with Crippen LogP contribution in [0.25, 0.3) is 0 Å². The molecule has 2 rings (SSSR count). The van der Waals surface area contributed by atoms with Crippen LogP contribution < -0.4 is 0 Å². The molecule has 0 radical (unpaired) electrons. The number of fused-ring (bicyclic) bond motifs is 1. The van der Waals surface area contributed by atoms with Crippen LogP contribution in [0.5, 0.6) is 0 Å². The Hall–Kier alpha value is -1.03. The molecule has 0 aromatic heterocycles. The van der Waals surface area contributed by atoms with Crippen LogP contribution in [0.3, 0.4) is 0 Å². The summed E-state index contributed by atoms with van der Waals surface area (Å²) in [6, 6.07) is 0.136. The van der Waals surface area contributed by atoms with E-state index in [1.165, 1.54) is 0 Å². The molecule has 0 aromatic carbocycles. The molecule has 0 amide bonds. The molecule has 0 spiro atoms. The average molecular weight is 223 g/mol. The minimum atomic E-state index is -0.782. The van der Waals surface area contributed by atoms with Crippen molar-refractivity contribution in [2.45, 2.75) is 25.1 Å². The van der Waals surface area contributed by atoms with E-state index in [1.54, 1.807) is 18.7 Å². The summed E-state index contributed by atoms with van der Waals surface area (Å²) >= 11 is 1.74. The molecule has 0 bridgehead atoms. The SMILES string of the molecule is CC1=NC2C=C(C(C)C(=O)O)C=CC2S1. The van der Waals surface area contributed by atoms with Crippen molar-refractivity contribution < 1.29 is 9.90 Å². The summed E-state index contributed by atoms with van der Waals surface area (Å²) in [6.45, 7) is 3.70. The molecule has 1 aliphatic heterocycles. The number of carboxylic acids is 1. The summed E-state index contributed by atoms with van der Waals surface area (Å²) in [5, 5.41) is 10.4. The monoisotopic (exact) mass is 223 g/mol. The predicted octanol–water partition coefficient (Wildman–Crippen LogP) is 2.11. The number of rotatable bonds is 2. The molecular formula is C11H13NO2S. The van der Waals surface area contributed by atoms with Crippen molar-refractivity contribution in [3.05, 3.63) is 23.8 Å². The summed E-state index contributed by atoms with van der Waals surface area (Å²) in [6.07, 6.45) is 5.96. The molecule has 2 aliphatic rings. The lowest BCUT2D eigenvalue weighted by atomic mass is 9.93. The minimum absolute atomic E-state index is 0.136. The van der Waals surface area contributed by atoms with Crippen molar-refractivity contribution in [3.8, 4) is 0 Å². The molecule has 0 fully saturated rings. The number of thioether (sulfide) groups is 1. The zero-order valence-corrected chi connectivity index (χ0v) is 9.49. The predicted molar refractivity (Wildman–Crippen MR) is 62.3 cm³/mol. The van der Waals surface area contributed by atoms with Gasteiger partial charge in [-0.3, -0.25) is 9.79 Å². The van der Waals surface area contributed by atoms with Crippen LogP contribution in [0.2, 0.25) is 0 Å². The number of aliphatic carboxylic acids is 1. The second kappa shape index (κ2) is 3.85. The van der Waals surface area contributed by atoms with Crippen LogP contribution in [-0.4, -0.2) is 27.4 Å². The summed E-state index contributed by atoms with van der Waals surface area (Å²) in [4.78, 5) is 15.3. The number of hydrogen-bond donors (Lipinski definition) is 1. The zero-order valence-electron chi connectivity index (χ0n) is 8.68. The van der Waals surface area contributed by atoms with Crippen LogP contribution in [0.15, 0.2) is 28.8 Å². The fourth-order valence-corrected chi connectivity index (χ4v) is 2.77. The van der Waals surface area contributed by atoms with Crippen molar-refractivity contribution in [1.29, 1.82) is 0 Å². The van der Waals surface area contributed by atoms with E-state index in [4.69, 9.17) is 5.11 Å². The Balaban J connectivity index is 2.20. The standard InChI is InChI=1S/C11H13NO2S/c1-6(11(13)14)8-3-4-10-9(5-8)12-7(2)15-10/h3-6,9-10H,1-2H3,(H,13,14). The second-order valence-corrected chi connectivity index (χ2v) is 5.18. The molecule has 1 N–H and O–H groups in total. The number of allylic oxidation sites excluding steroid dienone is 1. The molecule has 0 saturated carbocycles. The number of carboxylic acid groups (broad SMARTS) is 1. The van der Waals surface area contributed by atoms with Gasteiger partial charge < -0.3 is 5.11 Å². The van der Waals surface area contributed by atoms with Gasteiger partial charge in [0.25, 0.3) is 0 Å². The van der Waals surface area contributed by atoms with Crippen LogP contribution in [-0.2, 0) is 4.79 Å². The van der Waals surface area contributed by atoms with Gasteiger partial charge in [0.05, 0.1) is 22.3 Å². The van der Waals surface area contributed by atoms with Gasteiger partial charge in [-0.1, -0.05) is 18.2 Å². The molecule has 0 aromatic rings. The maximum atomic E-state index is 10.8. The summed E-state index contributed by atoms with van der Waals surface area (Å²) in [7, 11) is 0. The number of hydrogen-bond acceptors (Lipinski definition) is 3. The van der Waals surface area contributed by atoms with E-state index in [0.29, 0.717) is 5.25 Å². The molecule has 4 heteroatoms. The maximum absolute atomic E-state index is 10.8. The first-order chi connectivity index (χ1) is 7.08. The highest BCUT2D eigenvalue weighted by Crippen LogP contribution is 2.33. The summed E-state index contributed by atoms with van der Waals surface area (Å²) < 4.78 is 0.